The molecule has 0 spiro atoms. The van der Waals surface area contributed by atoms with E-state index in [4.69, 9.17) is 15.9 Å². The smallest absolute Gasteiger partial charge is 0.359 e. The van der Waals surface area contributed by atoms with Crippen LogP contribution >= 0.6 is 15.9 Å². The number of aliphatic hydroxyl groups is 4. The molecule has 0 bridgehead atoms. The molecule has 8 rings (SSSR count). The maximum absolute atomic E-state index is 12.4. The minimum Gasteiger partial charge on any atom is -0.461 e. The third kappa shape index (κ3) is 9.88. The van der Waals surface area contributed by atoms with Crippen molar-refractivity contribution in [3.63, 3.8) is 0 Å². The highest BCUT2D eigenvalue weighted by Crippen LogP contribution is 2.36. The molecule has 4 atom stereocenters. The number of ether oxygens (including phenoxy) is 2. The largest absolute Gasteiger partial charge is 0.461 e. The number of likely N-dealkylation sites (N-methyl/N-ethyl adjacent to an activating group) is 2. The number of hydrogen-bond acceptors (Lipinski definition) is 12. The third-order valence-corrected chi connectivity index (χ3v) is 11.7. The summed E-state index contributed by atoms with van der Waals surface area (Å²) in [5.41, 5.74) is 2.11. The lowest BCUT2D eigenvalue weighted by molar-refractivity contribution is -0.138. The predicted molar refractivity (Wildman–Crippen MR) is 233 cm³/mol. The van der Waals surface area contributed by atoms with E-state index in [1.54, 1.807) is 55.5 Å². The number of likely N-dealkylation sites (tertiary alicyclic amines) is 2. The van der Waals surface area contributed by atoms with Crippen molar-refractivity contribution >= 4 is 39.7 Å². The minimum absolute atomic E-state index is 0.134. The second-order valence-corrected chi connectivity index (χ2v) is 16.5. The van der Waals surface area contributed by atoms with Gasteiger partial charge in [-0.15, -0.1) is 6.42 Å². The molecule has 2 saturated heterocycles. The number of halogens is 1. The molecule has 2 aromatic carbocycles. The lowest BCUT2D eigenvalue weighted by Crippen LogP contribution is -2.37. The van der Waals surface area contributed by atoms with E-state index in [0.717, 1.165) is 40.8 Å². The lowest BCUT2D eigenvalue weighted by atomic mass is 9.93. The van der Waals surface area contributed by atoms with Crippen molar-refractivity contribution in [2.75, 3.05) is 40.4 Å². The molecule has 2 fully saturated rings. The van der Waals surface area contributed by atoms with Crippen LogP contribution in [-0.4, -0.2) is 125 Å². The molecule has 63 heavy (non-hydrogen) atoms. The van der Waals surface area contributed by atoms with Crippen molar-refractivity contribution in [2.45, 2.75) is 88.6 Å². The Balaban J connectivity index is 0.000000178. The third-order valence-electron chi connectivity index (χ3n) is 11.2. The van der Waals surface area contributed by atoms with Crippen LogP contribution in [0.1, 0.15) is 114 Å². The average Bonchev–Trinajstić information content (AvgIpc) is 4.01. The summed E-state index contributed by atoms with van der Waals surface area (Å²) in [4.78, 5) is 50.6. The molecule has 0 radical (unpaired) electrons. The summed E-state index contributed by atoms with van der Waals surface area (Å²) in [5.74, 6) is 5.90. The number of aliphatic hydroxyl groups excluding tert-OH is 2. The van der Waals surface area contributed by atoms with Crippen LogP contribution < -0.4 is 0 Å². The Kier molecular flexibility index (Phi) is 14.6. The molecule has 2 amide bonds. The van der Waals surface area contributed by atoms with Crippen molar-refractivity contribution in [1.82, 2.24) is 29.4 Å². The number of nitrogens with zero attached hydrogens (tertiary/aromatic N) is 6. The van der Waals surface area contributed by atoms with Crippen molar-refractivity contribution in [2.24, 2.45) is 0 Å². The standard InChI is InChI=1S/C23H25N3O5.C16H17BrN2O3.C7H9NO2/c1-3-31-21(28)20-19-17(8-5-9-18(19)27)26(24-20)16-7-4-6-15(14-16)10-11-23(30)12-13-25(2)22(23)29;1-2-22-16(21)15-14-12(7-4-8-13(14)20)19(18-15)11-6-3-5-10(17)9-11;1-3-7(10)4-5-8(2)6(7)9/h4,6-7,14,18,27,30H,3,5,8-9,12-13H2,1-2H3;3,5-6,9,13,20H,2,4,7-8H2,1H3;1,10H,4-5H2,2H3/t18?,23-;;7-/m0.0/s1. The molecule has 2 aliphatic carbocycles. The highest BCUT2D eigenvalue weighted by atomic mass is 79.9. The summed E-state index contributed by atoms with van der Waals surface area (Å²) in [5, 5.41) is 49.5. The van der Waals surface area contributed by atoms with Gasteiger partial charge in [0.2, 0.25) is 11.2 Å². The number of hydrogen-bond donors (Lipinski definition) is 4. The Hall–Kier alpha value is -5.82. The van der Waals surface area contributed by atoms with E-state index < -0.39 is 41.3 Å². The molecule has 2 aliphatic heterocycles. The first-order valence-corrected chi connectivity index (χ1v) is 21.6. The monoisotopic (exact) mass is 926 g/mol. The molecular weight excluding hydrogens is 876 g/mol. The second-order valence-electron chi connectivity index (χ2n) is 15.6. The number of amides is 2. The fourth-order valence-electron chi connectivity index (χ4n) is 7.91. The molecule has 332 valence electrons. The van der Waals surface area contributed by atoms with Gasteiger partial charge in [-0.2, -0.15) is 10.2 Å². The SMILES string of the molecule is C#C[C@]1(O)CCN(C)C1=O.CCOC(=O)c1nn(-c2cccc(Br)c2)c2c1C(O)CCC2.CCOC(=O)c1nn(-c2cccc(C#C[C@]3(O)CCN(C)C3=O)c2)c2c1C(O)CCC2. The van der Waals surface area contributed by atoms with E-state index in [9.17, 15) is 39.6 Å². The molecule has 0 saturated carbocycles. The molecule has 2 unspecified atom stereocenters. The van der Waals surface area contributed by atoms with Gasteiger partial charge < -0.3 is 39.7 Å². The van der Waals surface area contributed by atoms with Crippen molar-refractivity contribution < 1.29 is 49.1 Å². The van der Waals surface area contributed by atoms with Gasteiger partial charge in [0, 0.05) is 61.2 Å². The fourth-order valence-corrected chi connectivity index (χ4v) is 8.30. The van der Waals surface area contributed by atoms with Crippen LogP contribution in [0.5, 0.6) is 0 Å². The number of carbonyl (C=O) groups is 4. The van der Waals surface area contributed by atoms with Crippen LogP contribution in [0.4, 0.5) is 0 Å². The zero-order chi connectivity index (χ0) is 45.6. The zero-order valence-electron chi connectivity index (χ0n) is 35.6. The highest BCUT2D eigenvalue weighted by molar-refractivity contribution is 9.10. The first kappa shape index (κ1) is 46.7. The first-order chi connectivity index (χ1) is 30.0. The van der Waals surface area contributed by atoms with Crippen LogP contribution in [0.25, 0.3) is 11.4 Å². The summed E-state index contributed by atoms with van der Waals surface area (Å²) in [6, 6.07) is 14.9. The van der Waals surface area contributed by atoms with E-state index in [1.165, 1.54) is 9.80 Å². The van der Waals surface area contributed by atoms with E-state index in [1.807, 2.05) is 30.3 Å². The fraction of sp³-hybridized carbons (Fsp3) is 0.435. The zero-order valence-corrected chi connectivity index (χ0v) is 37.2. The Labute approximate surface area is 373 Å². The molecule has 17 heteroatoms. The van der Waals surface area contributed by atoms with Crippen molar-refractivity contribution in [3.8, 4) is 35.6 Å². The summed E-state index contributed by atoms with van der Waals surface area (Å²) < 4.78 is 14.5. The van der Waals surface area contributed by atoms with E-state index in [2.05, 4.69) is 43.9 Å². The van der Waals surface area contributed by atoms with Gasteiger partial charge >= 0.3 is 11.9 Å². The summed E-state index contributed by atoms with van der Waals surface area (Å²) in [6.07, 6.45) is 8.48. The summed E-state index contributed by atoms with van der Waals surface area (Å²) in [6.45, 7) is 4.99. The number of aromatic nitrogens is 4. The van der Waals surface area contributed by atoms with Gasteiger partial charge in [-0.3, -0.25) is 9.59 Å². The quantitative estimate of drug-likeness (QED) is 0.161. The Morgan fingerprint density at radius 1 is 0.794 bits per heavy atom. The van der Waals surface area contributed by atoms with E-state index >= 15 is 0 Å². The van der Waals surface area contributed by atoms with Crippen LogP contribution in [0.2, 0.25) is 0 Å². The van der Waals surface area contributed by atoms with Gasteiger partial charge in [-0.05, 0) is 88.8 Å². The van der Waals surface area contributed by atoms with E-state index in [-0.39, 0.29) is 36.9 Å². The maximum Gasteiger partial charge on any atom is 0.359 e. The Bertz CT molecular complexity index is 2500. The van der Waals surface area contributed by atoms with Gasteiger partial charge in [-0.25, -0.2) is 19.0 Å². The maximum atomic E-state index is 12.4. The Morgan fingerprint density at radius 3 is 1.70 bits per heavy atom. The van der Waals surface area contributed by atoms with Crippen molar-refractivity contribution in [3.05, 3.63) is 92.5 Å². The summed E-state index contributed by atoms with van der Waals surface area (Å²) >= 11 is 3.45. The van der Waals surface area contributed by atoms with Crippen LogP contribution in [0, 0.1) is 24.2 Å². The molecule has 4 heterocycles. The van der Waals surface area contributed by atoms with Crippen molar-refractivity contribution in [1.29, 1.82) is 0 Å². The van der Waals surface area contributed by atoms with Gasteiger partial charge in [0.05, 0.1) is 48.2 Å². The van der Waals surface area contributed by atoms with Crippen LogP contribution in [-0.2, 0) is 31.9 Å². The molecular formula is C46H51BrN6O10. The number of carbonyl (C=O) groups excluding carboxylic acids is 4. The number of esters is 2. The first-order valence-electron chi connectivity index (χ1n) is 20.8. The van der Waals surface area contributed by atoms with Crippen LogP contribution in [0.3, 0.4) is 0 Å². The lowest BCUT2D eigenvalue weighted by Gasteiger charge is -2.19. The molecule has 4 aromatic rings. The topological polar surface area (TPSA) is 210 Å². The van der Waals surface area contributed by atoms with E-state index in [0.29, 0.717) is 61.2 Å². The molecule has 2 aromatic heterocycles. The molecule has 16 nitrogen and oxygen atoms in total. The van der Waals surface area contributed by atoms with Gasteiger partial charge in [0.1, 0.15) is 0 Å². The predicted octanol–water partition coefficient (Wildman–Crippen LogP) is 3.76. The number of terminal acetylenes is 1. The highest BCUT2D eigenvalue weighted by Gasteiger charge is 2.43. The molecule has 4 aliphatic rings. The van der Waals surface area contributed by atoms with Gasteiger partial charge in [0.15, 0.2) is 11.4 Å². The average molecular weight is 928 g/mol. The second kappa shape index (κ2) is 19.7. The summed E-state index contributed by atoms with van der Waals surface area (Å²) in [7, 11) is 3.26. The van der Waals surface area contributed by atoms with Gasteiger partial charge in [-0.1, -0.05) is 45.8 Å². The van der Waals surface area contributed by atoms with Crippen LogP contribution in [0.15, 0.2) is 53.0 Å². The normalized spacial score (nSPS) is 22.3. The van der Waals surface area contributed by atoms with Gasteiger partial charge in [0.25, 0.3) is 11.8 Å². The number of fused-ring (bicyclic) bond motifs is 2. The number of benzene rings is 2. The molecule has 4 N–H and O–H groups in total. The minimum atomic E-state index is -1.67. The Morgan fingerprint density at radius 2 is 1.27 bits per heavy atom. The number of rotatable bonds is 6.